The van der Waals surface area contributed by atoms with Crippen LogP contribution in [0.15, 0.2) is 59.8 Å². The molecule has 0 radical (unpaired) electrons. The maximum Gasteiger partial charge on any atom is 0.251 e. The van der Waals surface area contributed by atoms with E-state index in [4.69, 9.17) is 5.14 Å². The van der Waals surface area contributed by atoms with Crippen molar-refractivity contribution >= 4 is 15.9 Å². The van der Waals surface area contributed by atoms with Gasteiger partial charge in [0.1, 0.15) is 0 Å². The fraction of sp³-hybridized carbons (Fsp3) is 0.200. The van der Waals surface area contributed by atoms with Gasteiger partial charge in [-0.15, -0.1) is 0 Å². The van der Waals surface area contributed by atoms with Crippen LogP contribution in [-0.2, 0) is 23.1 Å². The second-order valence-corrected chi connectivity index (χ2v) is 8.19. The van der Waals surface area contributed by atoms with Crippen LogP contribution < -0.4 is 10.5 Å². The van der Waals surface area contributed by atoms with E-state index in [2.05, 4.69) is 10.4 Å². The average molecular weight is 398 g/mol. The number of carbonyl (C=O) groups is 1. The van der Waals surface area contributed by atoms with Crippen molar-refractivity contribution in [3.8, 4) is 0 Å². The molecule has 2 aromatic carbocycles. The standard InChI is InChI=1S/C20H22N4O3S/c1-14-10-18(11-19(15(14)2)28(21,26)27)20(25)22-12-16-4-6-17(7-5-16)13-24-9-3-8-23-24/h3-11H,12-13H2,1-2H3,(H,22,25)(H2,21,26,27). The molecule has 0 aliphatic carbocycles. The van der Waals surface area contributed by atoms with Gasteiger partial charge in [0.05, 0.1) is 11.4 Å². The highest BCUT2D eigenvalue weighted by molar-refractivity contribution is 7.89. The van der Waals surface area contributed by atoms with Gasteiger partial charge in [-0.2, -0.15) is 5.10 Å². The summed E-state index contributed by atoms with van der Waals surface area (Å²) in [5, 5.41) is 12.2. The number of nitrogens with zero attached hydrogens (tertiary/aromatic N) is 2. The van der Waals surface area contributed by atoms with E-state index >= 15 is 0 Å². The second-order valence-electron chi connectivity index (χ2n) is 6.66. The number of rotatable bonds is 6. The third-order valence-electron chi connectivity index (χ3n) is 4.57. The van der Waals surface area contributed by atoms with Crippen LogP contribution >= 0.6 is 0 Å². The van der Waals surface area contributed by atoms with E-state index in [1.807, 2.05) is 41.2 Å². The van der Waals surface area contributed by atoms with E-state index in [0.717, 1.165) is 11.1 Å². The van der Waals surface area contributed by atoms with Crippen LogP contribution in [0.3, 0.4) is 0 Å². The Bertz CT molecular complexity index is 1090. The molecule has 1 heterocycles. The summed E-state index contributed by atoms with van der Waals surface area (Å²) in [5.41, 5.74) is 3.55. The largest absolute Gasteiger partial charge is 0.348 e. The molecule has 0 aliphatic heterocycles. The number of aromatic nitrogens is 2. The second kappa shape index (κ2) is 7.95. The molecular weight excluding hydrogens is 376 g/mol. The predicted molar refractivity (Wildman–Crippen MR) is 106 cm³/mol. The highest BCUT2D eigenvalue weighted by Gasteiger charge is 2.17. The number of amides is 1. The van der Waals surface area contributed by atoms with Crippen molar-refractivity contribution in [2.24, 2.45) is 5.14 Å². The van der Waals surface area contributed by atoms with Gasteiger partial charge in [-0.25, -0.2) is 13.6 Å². The minimum Gasteiger partial charge on any atom is -0.348 e. The molecular formula is C20H22N4O3S. The summed E-state index contributed by atoms with van der Waals surface area (Å²) in [6, 6.07) is 12.7. The van der Waals surface area contributed by atoms with Crippen molar-refractivity contribution in [1.29, 1.82) is 0 Å². The summed E-state index contributed by atoms with van der Waals surface area (Å²) in [4.78, 5) is 12.5. The van der Waals surface area contributed by atoms with Crippen molar-refractivity contribution in [3.05, 3.63) is 82.7 Å². The molecule has 8 heteroatoms. The van der Waals surface area contributed by atoms with Gasteiger partial charge in [-0.3, -0.25) is 9.48 Å². The van der Waals surface area contributed by atoms with Crippen LogP contribution in [0, 0.1) is 13.8 Å². The fourth-order valence-electron chi connectivity index (χ4n) is 2.88. The minimum absolute atomic E-state index is 0.0272. The number of primary sulfonamides is 1. The predicted octanol–water partition coefficient (Wildman–Crippen LogP) is 2.13. The summed E-state index contributed by atoms with van der Waals surface area (Å²) < 4.78 is 25.3. The first-order valence-electron chi connectivity index (χ1n) is 8.71. The molecule has 1 aromatic heterocycles. The quantitative estimate of drug-likeness (QED) is 0.663. The first-order chi connectivity index (χ1) is 13.2. The Morgan fingerprint density at radius 3 is 2.43 bits per heavy atom. The first kappa shape index (κ1) is 19.8. The summed E-state index contributed by atoms with van der Waals surface area (Å²) in [7, 11) is -3.89. The number of hydrogen-bond donors (Lipinski definition) is 2. The highest BCUT2D eigenvalue weighted by Crippen LogP contribution is 2.20. The normalized spacial score (nSPS) is 11.4. The van der Waals surface area contributed by atoms with Crippen molar-refractivity contribution in [3.63, 3.8) is 0 Å². The molecule has 0 unspecified atom stereocenters. The first-order valence-corrected chi connectivity index (χ1v) is 10.3. The summed E-state index contributed by atoms with van der Waals surface area (Å²) in [6.45, 7) is 4.43. The number of hydrogen-bond acceptors (Lipinski definition) is 4. The Labute approximate surface area is 164 Å². The molecule has 0 saturated heterocycles. The van der Waals surface area contributed by atoms with Gasteiger partial charge in [0.15, 0.2) is 0 Å². The van der Waals surface area contributed by atoms with Crippen LogP contribution in [-0.4, -0.2) is 24.1 Å². The molecule has 3 aromatic rings. The molecule has 146 valence electrons. The maximum absolute atomic E-state index is 12.5. The minimum atomic E-state index is -3.89. The van der Waals surface area contributed by atoms with E-state index in [1.54, 1.807) is 26.1 Å². The molecule has 0 spiro atoms. The Morgan fingerprint density at radius 2 is 1.82 bits per heavy atom. The number of carbonyl (C=O) groups excluding carboxylic acids is 1. The third kappa shape index (κ3) is 4.65. The monoisotopic (exact) mass is 398 g/mol. The lowest BCUT2D eigenvalue weighted by Crippen LogP contribution is -2.24. The lowest BCUT2D eigenvalue weighted by atomic mass is 10.1. The Balaban J connectivity index is 1.68. The Hall–Kier alpha value is -2.97. The van der Waals surface area contributed by atoms with E-state index in [9.17, 15) is 13.2 Å². The topological polar surface area (TPSA) is 107 Å². The van der Waals surface area contributed by atoms with Crippen LogP contribution in [0.1, 0.15) is 32.6 Å². The van der Waals surface area contributed by atoms with E-state index in [1.165, 1.54) is 6.07 Å². The molecule has 0 aliphatic rings. The molecule has 0 fully saturated rings. The van der Waals surface area contributed by atoms with Gasteiger partial charge in [-0.1, -0.05) is 24.3 Å². The van der Waals surface area contributed by atoms with Crippen molar-refractivity contribution in [2.45, 2.75) is 31.8 Å². The van der Waals surface area contributed by atoms with Gasteiger partial charge in [0, 0.05) is 24.5 Å². The lowest BCUT2D eigenvalue weighted by molar-refractivity contribution is 0.0950. The number of aryl methyl sites for hydroxylation is 1. The smallest absolute Gasteiger partial charge is 0.251 e. The molecule has 0 atom stereocenters. The fourth-order valence-corrected chi connectivity index (χ4v) is 3.76. The molecule has 0 saturated carbocycles. The zero-order chi connectivity index (χ0) is 20.3. The van der Waals surface area contributed by atoms with Gasteiger partial charge in [0.2, 0.25) is 10.0 Å². The van der Waals surface area contributed by atoms with Crippen LogP contribution in [0.25, 0.3) is 0 Å². The van der Waals surface area contributed by atoms with Gasteiger partial charge < -0.3 is 5.32 Å². The third-order valence-corrected chi connectivity index (χ3v) is 5.61. The SMILES string of the molecule is Cc1cc(C(=O)NCc2ccc(Cn3cccn3)cc2)cc(S(N)(=O)=O)c1C. The summed E-state index contributed by atoms with van der Waals surface area (Å²) in [5.74, 6) is -0.353. The zero-order valence-electron chi connectivity index (χ0n) is 15.7. The van der Waals surface area contributed by atoms with E-state index < -0.39 is 10.0 Å². The number of sulfonamides is 1. The lowest BCUT2D eigenvalue weighted by Gasteiger charge is -2.11. The van der Waals surface area contributed by atoms with Crippen LogP contribution in [0.4, 0.5) is 0 Å². The molecule has 3 N–H and O–H groups in total. The van der Waals surface area contributed by atoms with Gasteiger partial charge in [0.25, 0.3) is 5.91 Å². The average Bonchev–Trinajstić information content (AvgIpc) is 3.15. The molecule has 28 heavy (non-hydrogen) atoms. The number of nitrogens with one attached hydrogen (secondary N) is 1. The summed E-state index contributed by atoms with van der Waals surface area (Å²) >= 11 is 0. The van der Waals surface area contributed by atoms with Gasteiger partial charge >= 0.3 is 0 Å². The summed E-state index contributed by atoms with van der Waals surface area (Å²) in [6.07, 6.45) is 3.63. The Morgan fingerprint density at radius 1 is 1.14 bits per heavy atom. The molecule has 1 amide bonds. The molecule has 7 nitrogen and oxygen atoms in total. The zero-order valence-corrected chi connectivity index (χ0v) is 16.5. The Kier molecular flexibility index (Phi) is 5.62. The van der Waals surface area contributed by atoms with Crippen LogP contribution in [0.2, 0.25) is 0 Å². The van der Waals surface area contributed by atoms with Gasteiger partial charge in [-0.05, 0) is 54.3 Å². The van der Waals surface area contributed by atoms with E-state index in [0.29, 0.717) is 24.2 Å². The van der Waals surface area contributed by atoms with Crippen molar-refractivity contribution in [2.75, 3.05) is 0 Å². The number of nitrogens with two attached hydrogens (primary N) is 1. The highest BCUT2D eigenvalue weighted by atomic mass is 32.2. The van der Waals surface area contributed by atoms with E-state index in [-0.39, 0.29) is 16.4 Å². The molecule has 3 rings (SSSR count). The number of benzene rings is 2. The molecule has 0 bridgehead atoms. The van der Waals surface area contributed by atoms with Crippen LogP contribution in [0.5, 0.6) is 0 Å². The maximum atomic E-state index is 12.5. The van der Waals surface area contributed by atoms with Crippen molar-refractivity contribution < 1.29 is 13.2 Å². The van der Waals surface area contributed by atoms with Crippen molar-refractivity contribution in [1.82, 2.24) is 15.1 Å².